The van der Waals surface area contributed by atoms with Crippen molar-refractivity contribution in [3.63, 3.8) is 0 Å². The first-order valence-corrected chi connectivity index (χ1v) is 8.07. The quantitative estimate of drug-likeness (QED) is 0.533. The zero-order valence-electron chi connectivity index (χ0n) is 12.4. The van der Waals surface area contributed by atoms with Crippen molar-refractivity contribution in [2.75, 3.05) is 5.32 Å². The molecule has 2 aromatic carbocycles. The molecule has 0 heterocycles. The summed E-state index contributed by atoms with van der Waals surface area (Å²) in [6.45, 7) is 0. The van der Waals surface area contributed by atoms with Gasteiger partial charge in [-0.1, -0.05) is 59.1 Å². The van der Waals surface area contributed by atoms with Gasteiger partial charge in [-0.25, -0.2) is 0 Å². The van der Waals surface area contributed by atoms with Gasteiger partial charge in [0.25, 0.3) is 5.91 Å². The molecule has 2 rings (SSSR count). The van der Waals surface area contributed by atoms with Gasteiger partial charge in [0.1, 0.15) is 6.17 Å². The molecule has 0 saturated carbocycles. The SMILES string of the molecule is O=C(N[C@@H](Nc1cccc(C(F)(F)F)c1)C(Cl)(Cl)Cl)c1ccccc1. The van der Waals surface area contributed by atoms with Gasteiger partial charge in [0, 0.05) is 11.3 Å². The molecule has 1 amide bonds. The van der Waals surface area contributed by atoms with Gasteiger partial charge in [-0.3, -0.25) is 4.79 Å². The summed E-state index contributed by atoms with van der Waals surface area (Å²) in [7, 11) is 0. The van der Waals surface area contributed by atoms with Crippen LogP contribution in [0.15, 0.2) is 54.6 Å². The minimum Gasteiger partial charge on any atom is -0.362 e. The van der Waals surface area contributed by atoms with Crippen molar-refractivity contribution >= 4 is 46.4 Å². The molecule has 0 bridgehead atoms. The fourth-order valence-electron chi connectivity index (χ4n) is 1.96. The van der Waals surface area contributed by atoms with Gasteiger partial charge in [0.2, 0.25) is 3.79 Å². The lowest BCUT2D eigenvalue weighted by Crippen LogP contribution is -2.49. The van der Waals surface area contributed by atoms with Crippen LogP contribution in [-0.2, 0) is 6.18 Å². The van der Waals surface area contributed by atoms with Crippen molar-refractivity contribution in [3.8, 4) is 0 Å². The fourth-order valence-corrected chi connectivity index (χ4v) is 2.28. The summed E-state index contributed by atoms with van der Waals surface area (Å²) in [6.07, 6.45) is -5.77. The lowest BCUT2D eigenvalue weighted by atomic mass is 10.2. The van der Waals surface area contributed by atoms with E-state index in [1.165, 1.54) is 12.1 Å². The maximum absolute atomic E-state index is 12.8. The second-order valence-electron chi connectivity index (χ2n) is 5.04. The summed E-state index contributed by atoms with van der Waals surface area (Å²) < 4.78 is 36.4. The van der Waals surface area contributed by atoms with Crippen molar-refractivity contribution in [3.05, 3.63) is 65.7 Å². The van der Waals surface area contributed by atoms with E-state index in [0.29, 0.717) is 5.56 Å². The van der Waals surface area contributed by atoms with E-state index < -0.39 is 27.6 Å². The fraction of sp³-hybridized carbons (Fsp3) is 0.188. The monoisotopic (exact) mass is 410 g/mol. The van der Waals surface area contributed by atoms with E-state index >= 15 is 0 Å². The van der Waals surface area contributed by atoms with Crippen LogP contribution in [0.5, 0.6) is 0 Å². The van der Waals surface area contributed by atoms with Crippen molar-refractivity contribution < 1.29 is 18.0 Å². The molecule has 0 spiro atoms. The molecule has 0 radical (unpaired) electrons. The lowest BCUT2D eigenvalue weighted by molar-refractivity contribution is -0.137. The highest BCUT2D eigenvalue weighted by atomic mass is 35.6. The highest BCUT2D eigenvalue weighted by Gasteiger charge is 2.35. The summed E-state index contributed by atoms with van der Waals surface area (Å²) in [4.78, 5) is 12.2. The number of anilines is 1. The van der Waals surface area contributed by atoms with Gasteiger partial charge in [0.05, 0.1) is 5.56 Å². The highest BCUT2D eigenvalue weighted by Crippen LogP contribution is 2.34. The van der Waals surface area contributed by atoms with Crippen LogP contribution < -0.4 is 10.6 Å². The summed E-state index contributed by atoms with van der Waals surface area (Å²) >= 11 is 17.5. The largest absolute Gasteiger partial charge is 0.416 e. The van der Waals surface area contributed by atoms with Crippen LogP contribution in [0.25, 0.3) is 0 Å². The number of benzene rings is 2. The molecular formula is C16H12Cl3F3N2O. The summed E-state index contributed by atoms with van der Waals surface area (Å²) in [5.41, 5.74) is -0.512. The molecule has 0 aliphatic carbocycles. The molecule has 3 nitrogen and oxygen atoms in total. The first-order valence-electron chi connectivity index (χ1n) is 6.94. The Kier molecular flexibility index (Phi) is 6.08. The van der Waals surface area contributed by atoms with Crippen LogP contribution in [0.1, 0.15) is 15.9 Å². The zero-order valence-corrected chi connectivity index (χ0v) is 14.7. The molecule has 0 unspecified atom stereocenters. The number of halogens is 6. The first-order chi connectivity index (χ1) is 11.6. The average molecular weight is 412 g/mol. The molecule has 2 N–H and O–H groups in total. The molecule has 25 heavy (non-hydrogen) atoms. The van der Waals surface area contributed by atoms with Crippen LogP contribution in [-0.4, -0.2) is 15.9 Å². The molecule has 0 fully saturated rings. The number of amides is 1. The Balaban J connectivity index is 2.21. The van der Waals surface area contributed by atoms with Crippen LogP contribution in [0.2, 0.25) is 0 Å². The van der Waals surface area contributed by atoms with Crippen LogP contribution in [0.3, 0.4) is 0 Å². The third-order valence-corrected chi connectivity index (χ3v) is 3.79. The predicted molar refractivity (Wildman–Crippen MR) is 93.1 cm³/mol. The van der Waals surface area contributed by atoms with Crippen LogP contribution in [0, 0.1) is 0 Å². The number of hydrogen-bond donors (Lipinski definition) is 2. The van der Waals surface area contributed by atoms with Gasteiger partial charge < -0.3 is 10.6 Å². The summed E-state index contributed by atoms with van der Waals surface area (Å²) in [5, 5.41) is 5.06. The number of carbonyl (C=O) groups excluding carboxylic acids is 1. The second-order valence-corrected chi connectivity index (χ2v) is 7.41. The number of nitrogens with one attached hydrogen (secondary N) is 2. The predicted octanol–water partition coefficient (Wildman–Crippen LogP) is 5.24. The van der Waals surface area contributed by atoms with Gasteiger partial charge in [0.15, 0.2) is 0 Å². The van der Waals surface area contributed by atoms with E-state index in [1.54, 1.807) is 30.3 Å². The Morgan fingerprint density at radius 2 is 1.60 bits per heavy atom. The molecule has 9 heteroatoms. The van der Waals surface area contributed by atoms with Crippen molar-refractivity contribution in [2.24, 2.45) is 0 Å². The minimum absolute atomic E-state index is 0.0412. The maximum atomic E-state index is 12.8. The van der Waals surface area contributed by atoms with Crippen molar-refractivity contribution in [1.29, 1.82) is 0 Å². The number of alkyl halides is 6. The van der Waals surface area contributed by atoms with Gasteiger partial charge in [-0.05, 0) is 30.3 Å². The Bertz CT molecular complexity index is 733. The smallest absolute Gasteiger partial charge is 0.362 e. The summed E-state index contributed by atoms with van der Waals surface area (Å²) in [5.74, 6) is -0.545. The Labute approximate surface area is 157 Å². The molecule has 1 atom stereocenters. The standard InChI is InChI=1S/C16H12Cl3F3N2O/c17-15(18,19)14(24-13(25)10-5-2-1-3-6-10)23-12-8-4-7-11(9-12)16(20,21)22/h1-9,14,23H,(H,24,25)/t14-/m1/s1. The van der Waals surface area contributed by atoms with Crippen LogP contribution >= 0.6 is 34.8 Å². The molecule has 2 aromatic rings. The number of carbonyl (C=O) groups is 1. The number of rotatable bonds is 4. The maximum Gasteiger partial charge on any atom is 0.416 e. The molecular weight excluding hydrogens is 400 g/mol. The van der Waals surface area contributed by atoms with E-state index in [1.807, 2.05) is 0 Å². The van der Waals surface area contributed by atoms with Gasteiger partial charge in [-0.2, -0.15) is 13.2 Å². The highest BCUT2D eigenvalue weighted by molar-refractivity contribution is 6.68. The third kappa shape index (κ3) is 5.70. The molecule has 0 aliphatic heterocycles. The molecule has 0 aromatic heterocycles. The van der Waals surface area contributed by atoms with E-state index in [9.17, 15) is 18.0 Å². The van der Waals surface area contributed by atoms with Crippen molar-refractivity contribution in [2.45, 2.75) is 16.1 Å². The van der Waals surface area contributed by atoms with Crippen LogP contribution in [0.4, 0.5) is 18.9 Å². The molecule has 0 saturated heterocycles. The number of hydrogen-bond acceptors (Lipinski definition) is 2. The topological polar surface area (TPSA) is 41.1 Å². The molecule has 134 valence electrons. The minimum atomic E-state index is -4.51. The van der Waals surface area contributed by atoms with Gasteiger partial charge in [-0.15, -0.1) is 0 Å². The molecule has 0 aliphatic rings. The Morgan fingerprint density at radius 3 is 2.16 bits per heavy atom. The van der Waals surface area contributed by atoms with E-state index in [-0.39, 0.29) is 5.69 Å². The lowest BCUT2D eigenvalue weighted by Gasteiger charge is -2.27. The Hall–Kier alpha value is -1.63. The summed E-state index contributed by atoms with van der Waals surface area (Å²) in [6, 6.07) is 12.5. The Morgan fingerprint density at radius 1 is 0.960 bits per heavy atom. The first kappa shape index (κ1) is 19.7. The zero-order chi connectivity index (χ0) is 18.7. The second kappa shape index (κ2) is 7.72. The van der Waals surface area contributed by atoms with E-state index in [4.69, 9.17) is 34.8 Å². The van der Waals surface area contributed by atoms with E-state index in [2.05, 4.69) is 10.6 Å². The van der Waals surface area contributed by atoms with E-state index in [0.717, 1.165) is 12.1 Å². The van der Waals surface area contributed by atoms with Gasteiger partial charge >= 0.3 is 6.18 Å². The third-order valence-electron chi connectivity index (χ3n) is 3.14. The van der Waals surface area contributed by atoms with Crippen molar-refractivity contribution in [1.82, 2.24) is 5.32 Å². The normalized spacial score (nSPS) is 13.2. The average Bonchev–Trinajstić information content (AvgIpc) is 2.53.